The van der Waals surface area contributed by atoms with Gasteiger partial charge in [-0.3, -0.25) is 0 Å². The number of anilines is 1. The average molecular weight is 532 g/mol. The summed E-state index contributed by atoms with van der Waals surface area (Å²) in [5.41, 5.74) is 3.32. The number of rotatable bonds is 7. The van der Waals surface area contributed by atoms with Crippen molar-refractivity contribution in [2.24, 2.45) is 11.8 Å². The minimum atomic E-state index is -0.960. The molecule has 0 radical (unpaired) electrons. The molecule has 3 aromatic rings. The van der Waals surface area contributed by atoms with Gasteiger partial charge in [0.05, 0.1) is 17.9 Å². The van der Waals surface area contributed by atoms with Gasteiger partial charge in [-0.05, 0) is 62.8 Å². The number of fused-ring (bicyclic) bond motifs is 1. The van der Waals surface area contributed by atoms with E-state index in [0.29, 0.717) is 28.4 Å². The molecule has 0 saturated carbocycles. The number of nitrogens with one attached hydrogen (secondary N) is 1. The number of piperidine rings is 1. The van der Waals surface area contributed by atoms with E-state index in [1.807, 2.05) is 29.9 Å². The molecule has 5 rings (SSSR count). The quantitative estimate of drug-likeness (QED) is 0.463. The van der Waals surface area contributed by atoms with Crippen LogP contribution in [0.1, 0.15) is 37.1 Å². The summed E-state index contributed by atoms with van der Waals surface area (Å²) in [4.78, 5) is 25.1. The molecule has 1 unspecified atom stereocenters. The summed E-state index contributed by atoms with van der Waals surface area (Å²) in [6.45, 7) is 9.21. The van der Waals surface area contributed by atoms with Crippen molar-refractivity contribution in [1.82, 2.24) is 30.0 Å². The van der Waals surface area contributed by atoms with E-state index in [9.17, 15) is 4.79 Å². The maximum Gasteiger partial charge on any atom is 0.404 e. The number of aromatic nitrogens is 4. The van der Waals surface area contributed by atoms with Gasteiger partial charge in [-0.1, -0.05) is 29.3 Å². The Bertz CT molecular complexity index is 1260. The Morgan fingerprint density at radius 1 is 1.25 bits per heavy atom. The summed E-state index contributed by atoms with van der Waals surface area (Å²) >= 11 is 12.6. The first-order chi connectivity index (χ1) is 17.3. The SMILES string of the molecule is Cc1nn([C@H](C)c2ccc(Cl)cc2Cl)c2nc(N3CC(C4CCCN(CCNC(=O)O)C4)C3)cnc12. The number of carbonyl (C=O) groups is 1. The molecule has 1 amide bonds. The summed E-state index contributed by atoms with van der Waals surface area (Å²) < 4.78 is 1.90. The third-order valence-corrected chi connectivity index (χ3v) is 8.05. The number of amides is 1. The Hall–Kier alpha value is -2.62. The fourth-order valence-corrected chi connectivity index (χ4v) is 6.00. The maximum absolute atomic E-state index is 10.7. The Labute approximate surface area is 220 Å². The Balaban J connectivity index is 1.27. The Kier molecular flexibility index (Phi) is 7.23. The summed E-state index contributed by atoms with van der Waals surface area (Å²) in [7, 11) is 0. The van der Waals surface area contributed by atoms with Crippen molar-refractivity contribution in [1.29, 1.82) is 0 Å². The molecule has 0 aliphatic carbocycles. The number of carboxylic acid groups (broad SMARTS) is 1. The molecule has 1 aromatic carbocycles. The lowest BCUT2D eigenvalue weighted by atomic mass is 9.80. The van der Waals surface area contributed by atoms with Crippen LogP contribution in [0.15, 0.2) is 24.4 Å². The number of halogens is 2. The minimum Gasteiger partial charge on any atom is -0.465 e. The van der Waals surface area contributed by atoms with Crippen LogP contribution in [0.2, 0.25) is 10.0 Å². The summed E-state index contributed by atoms with van der Waals surface area (Å²) in [6, 6.07) is 5.40. The van der Waals surface area contributed by atoms with Crippen molar-refractivity contribution in [2.75, 3.05) is 44.2 Å². The van der Waals surface area contributed by atoms with Gasteiger partial charge in [0.25, 0.3) is 0 Å². The van der Waals surface area contributed by atoms with E-state index < -0.39 is 6.09 Å². The van der Waals surface area contributed by atoms with Gasteiger partial charge >= 0.3 is 6.09 Å². The molecule has 2 saturated heterocycles. The van der Waals surface area contributed by atoms with Crippen molar-refractivity contribution < 1.29 is 9.90 Å². The summed E-state index contributed by atoms with van der Waals surface area (Å²) in [5, 5.41) is 17.2. The summed E-state index contributed by atoms with van der Waals surface area (Å²) in [5.74, 6) is 2.10. The fourth-order valence-electron chi connectivity index (χ4n) is 5.43. The molecule has 9 nitrogen and oxygen atoms in total. The zero-order valence-electron chi connectivity index (χ0n) is 20.5. The number of likely N-dealkylation sites (tertiary alicyclic amines) is 1. The van der Waals surface area contributed by atoms with E-state index in [-0.39, 0.29) is 6.04 Å². The molecule has 2 aromatic heterocycles. The molecule has 2 atom stereocenters. The van der Waals surface area contributed by atoms with E-state index >= 15 is 0 Å². The molecular formula is C25H31Cl2N7O2. The first-order valence-electron chi connectivity index (χ1n) is 12.4. The molecule has 4 heterocycles. The highest BCUT2D eigenvalue weighted by atomic mass is 35.5. The Morgan fingerprint density at radius 2 is 2.06 bits per heavy atom. The van der Waals surface area contributed by atoms with Crippen LogP contribution in [-0.4, -0.2) is 75.1 Å². The molecule has 0 bridgehead atoms. The first kappa shape index (κ1) is 25.0. The molecule has 192 valence electrons. The van der Waals surface area contributed by atoms with Crippen molar-refractivity contribution in [3.05, 3.63) is 45.7 Å². The number of aryl methyl sites for hydroxylation is 1. The molecule has 2 fully saturated rings. The van der Waals surface area contributed by atoms with Crippen LogP contribution in [0.5, 0.6) is 0 Å². The molecule has 11 heteroatoms. The molecule has 2 aliphatic heterocycles. The van der Waals surface area contributed by atoms with E-state index in [1.54, 1.807) is 6.07 Å². The van der Waals surface area contributed by atoms with Gasteiger partial charge in [0, 0.05) is 42.8 Å². The van der Waals surface area contributed by atoms with Crippen LogP contribution in [0.4, 0.5) is 10.6 Å². The molecule has 36 heavy (non-hydrogen) atoms. The van der Waals surface area contributed by atoms with E-state index in [4.69, 9.17) is 43.4 Å². The van der Waals surface area contributed by atoms with Gasteiger partial charge in [0.15, 0.2) is 5.65 Å². The van der Waals surface area contributed by atoms with E-state index in [2.05, 4.69) is 22.0 Å². The van der Waals surface area contributed by atoms with Gasteiger partial charge in [0.2, 0.25) is 0 Å². The van der Waals surface area contributed by atoms with Gasteiger partial charge in [-0.25, -0.2) is 19.4 Å². The maximum atomic E-state index is 10.7. The first-order valence-corrected chi connectivity index (χ1v) is 13.2. The zero-order chi connectivity index (χ0) is 25.4. The van der Waals surface area contributed by atoms with E-state index in [1.165, 1.54) is 6.42 Å². The fraction of sp³-hybridized carbons (Fsp3) is 0.520. The highest BCUT2D eigenvalue weighted by Gasteiger charge is 2.36. The largest absolute Gasteiger partial charge is 0.465 e. The van der Waals surface area contributed by atoms with Gasteiger partial charge in [-0.2, -0.15) is 5.10 Å². The van der Waals surface area contributed by atoms with Crippen LogP contribution in [0, 0.1) is 18.8 Å². The second-order valence-corrected chi connectivity index (χ2v) is 10.7. The van der Waals surface area contributed by atoms with Crippen LogP contribution in [0.25, 0.3) is 11.2 Å². The number of benzene rings is 1. The third-order valence-electron chi connectivity index (χ3n) is 7.48. The molecule has 2 N–H and O–H groups in total. The standard InChI is InChI=1S/C25H31Cl2N7O2/c1-15-23-24(34(31-15)16(2)20-6-5-19(26)10-21(20)27)30-22(11-29-23)33-13-18(14-33)17-4-3-8-32(12-17)9-7-28-25(35)36/h5-6,10-11,16-18,28H,3-4,7-9,12-14H2,1-2H3,(H,35,36)/t16-,17?/m1/s1. The molecule has 0 spiro atoms. The summed E-state index contributed by atoms with van der Waals surface area (Å²) in [6.07, 6.45) is 3.27. The minimum absolute atomic E-state index is 0.122. The highest BCUT2D eigenvalue weighted by Crippen LogP contribution is 2.35. The van der Waals surface area contributed by atoms with Crippen LogP contribution >= 0.6 is 23.2 Å². The predicted molar refractivity (Wildman–Crippen MR) is 141 cm³/mol. The number of hydrogen-bond donors (Lipinski definition) is 2. The lowest BCUT2D eigenvalue weighted by Crippen LogP contribution is -2.54. The number of nitrogens with zero attached hydrogens (tertiary/aromatic N) is 6. The van der Waals surface area contributed by atoms with Crippen molar-refractivity contribution in [3.63, 3.8) is 0 Å². The van der Waals surface area contributed by atoms with Crippen LogP contribution in [0.3, 0.4) is 0 Å². The van der Waals surface area contributed by atoms with Crippen LogP contribution < -0.4 is 10.2 Å². The second kappa shape index (κ2) is 10.4. The predicted octanol–water partition coefficient (Wildman–Crippen LogP) is 4.47. The van der Waals surface area contributed by atoms with Crippen molar-refractivity contribution >= 4 is 46.3 Å². The average Bonchev–Trinajstić information content (AvgIpc) is 3.14. The lowest BCUT2D eigenvalue weighted by Gasteiger charge is -2.47. The zero-order valence-corrected chi connectivity index (χ0v) is 22.0. The monoisotopic (exact) mass is 531 g/mol. The van der Waals surface area contributed by atoms with Gasteiger partial charge in [0.1, 0.15) is 11.3 Å². The van der Waals surface area contributed by atoms with Crippen molar-refractivity contribution in [3.8, 4) is 0 Å². The van der Waals surface area contributed by atoms with Crippen LogP contribution in [-0.2, 0) is 0 Å². The topological polar surface area (TPSA) is 99.4 Å². The normalized spacial score (nSPS) is 19.9. The Morgan fingerprint density at radius 3 is 2.81 bits per heavy atom. The van der Waals surface area contributed by atoms with Crippen molar-refractivity contribution in [2.45, 2.75) is 32.7 Å². The smallest absolute Gasteiger partial charge is 0.404 e. The second-order valence-electron chi connectivity index (χ2n) is 9.87. The van der Waals surface area contributed by atoms with E-state index in [0.717, 1.165) is 67.4 Å². The highest BCUT2D eigenvalue weighted by molar-refractivity contribution is 6.35. The van der Waals surface area contributed by atoms with Gasteiger partial charge < -0.3 is 20.2 Å². The third kappa shape index (κ3) is 5.10. The van der Waals surface area contributed by atoms with Gasteiger partial charge in [-0.15, -0.1) is 0 Å². The lowest BCUT2D eigenvalue weighted by molar-refractivity contribution is 0.119. The molecular weight excluding hydrogens is 501 g/mol. The molecule has 2 aliphatic rings. The number of hydrogen-bond acceptors (Lipinski definition) is 6.